The second-order valence-electron chi connectivity index (χ2n) is 3.98. The molecule has 0 aliphatic rings. The van der Waals surface area contributed by atoms with Crippen LogP contribution in [0.25, 0.3) is 0 Å². The largest absolute Gasteiger partial charge is 0.493 e. The predicted octanol–water partition coefficient (Wildman–Crippen LogP) is 1.14. The van der Waals surface area contributed by atoms with Crippen molar-refractivity contribution in [3.63, 3.8) is 0 Å². The first-order chi connectivity index (χ1) is 9.58. The van der Waals surface area contributed by atoms with Gasteiger partial charge in [-0.2, -0.15) is 0 Å². The van der Waals surface area contributed by atoms with E-state index in [-0.39, 0.29) is 13.2 Å². The molecule has 1 aromatic carbocycles. The lowest BCUT2D eigenvalue weighted by Gasteiger charge is -2.14. The van der Waals surface area contributed by atoms with Crippen LogP contribution in [0.4, 0.5) is 0 Å². The lowest BCUT2D eigenvalue weighted by atomic mass is 10.3. The van der Waals surface area contributed by atoms with Crippen molar-refractivity contribution in [2.24, 2.45) is 0 Å². The maximum Gasteiger partial charge on any atom is 0.328 e. The monoisotopic (exact) mass is 281 g/mol. The number of ether oxygens (including phenoxy) is 3. The van der Waals surface area contributed by atoms with Gasteiger partial charge in [0.05, 0.1) is 13.7 Å². The van der Waals surface area contributed by atoms with Gasteiger partial charge in [-0.3, -0.25) is 4.79 Å². The number of carbonyl (C=O) groups excluding carboxylic acids is 2. The summed E-state index contributed by atoms with van der Waals surface area (Å²) in [5.74, 6) is 0.127. The van der Waals surface area contributed by atoms with Crippen molar-refractivity contribution in [2.75, 3.05) is 20.3 Å². The number of para-hydroxylation sites is 2. The minimum atomic E-state index is -0.705. The van der Waals surface area contributed by atoms with Gasteiger partial charge in [-0.1, -0.05) is 12.1 Å². The van der Waals surface area contributed by atoms with Gasteiger partial charge >= 0.3 is 5.97 Å². The summed E-state index contributed by atoms with van der Waals surface area (Å²) in [7, 11) is 1.52. The molecule has 110 valence electrons. The van der Waals surface area contributed by atoms with Crippen molar-refractivity contribution < 1.29 is 23.8 Å². The number of carbonyl (C=O) groups is 2. The molecule has 0 fully saturated rings. The molecule has 1 amide bonds. The highest BCUT2D eigenvalue weighted by molar-refractivity contribution is 5.84. The Bertz CT molecular complexity index is 461. The lowest BCUT2D eigenvalue weighted by molar-refractivity contribution is -0.147. The standard InChI is InChI=1S/C14H19NO5/c1-4-19-14(17)10(2)15-13(16)9-20-12-8-6-5-7-11(12)18-3/h5-8,10H,4,9H2,1-3H3,(H,15,16). The number of hydrogen-bond acceptors (Lipinski definition) is 5. The number of esters is 1. The zero-order valence-corrected chi connectivity index (χ0v) is 11.8. The van der Waals surface area contributed by atoms with Crippen LogP contribution >= 0.6 is 0 Å². The molecule has 0 bridgehead atoms. The maximum atomic E-state index is 11.7. The van der Waals surface area contributed by atoms with Crippen molar-refractivity contribution in [3.8, 4) is 11.5 Å². The van der Waals surface area contributed by atoms with E-state index in [0.29, 0.717) is 11.5 Å². The zero-order valence-electron chi connectivity index (χ0n) is 11.8. The summed E-state index contributed by atoms with van der Waals surface area (Å²) in [5.41, 5.74) is 0. The van der Waals surface area contributed by atoms with Crippen LogP contribution in [0.2, 0.25) is 0 Å². The molecule has 0 aromatic heterocycles. The van der Waals surface area contributed by atoms with Gasteiger partial charge in [0.2, 0.25) is 0 Å². The van der Waals surface area contributed by atoms with Gasteiger partial charge in [0.1, 0.15) is 6.04 Å². The third-order valence-corrected chi connectivity index (χ3v) is 2.45. The highest BCUT2D eigenvalue weighted by atomic mass is 16.5. The fraction of sp³-hybridized carbons (Fsp3) is 0.429. The van der Waals surface area contributed by atoms with Crippen molar-refractivity contribution in [3.05, 3.63) is 24.3 Å². The molecule has 6 nitrogen and oxygen atoms in total. The van der Waals surface area contributed by atoms with Crippen LogP contribution in [0.15, 0.2) is 24.3 Å². The molecule has 0 saturated heterocycles. The van der Waals surface area contributed by atoms with Gasteiger partial charge in [-0.15, -0.1) is 0 Å². The van der Waals surface area contributed by atoms with Crippen molar-refractivity contribution in [1.29, 1.82) is 0 Å². The summed E-state index contributed by atoms with van der Waals surface area (Å²) in [6.45, 7) is 3.33. The Morgan fingerprint density at radius 3 is 2.50 bits per heavy atom. The van der Waals surface area contributed by atoms with Crippen LogP contribution in [0.1, 0.15) is 13.8 Å². The van der Waals surface area contributed by atoms with Crippen LogP contribution in [0.3, 0.4) is 0 Å². The molecular weight excluding hydrogens is 262 g/mol. The summed E-state index contributed by atoms with van der Waals surface area (Å²) in [5, 5.41) is 2.49. The molecule has 1 atom stereocenters. The summed E-state index contributed by atoms with van der Waals surface area (Å²) in [4.78, 5) is 23.0. The van der Waals surface area contributed by atoms with E-state index in [0.717, 1.165) is 0 Å². The SMILES string of the molecule is CCOC(=O)C(C)NC(=O)COc1ccccc1OC. The maximum absolute atomic E-state index is 11.7. The van der Waals surface area contributed by atoms with Gasteiger partial charge in [0.15, 0.2) is 18.1 Å². The van der Waals surface area contributed by atoms with Gasteiger partial charge in [-0.05, 0) is 26.0 Å². The highest BCUT2D eigenvalue weighted by Crippen LogP contribution is 2.25. The zero-order chi connectivity index (χ0) is 15.0. The molecule has 0 radical (unpaired) electrons. The Kier molecular flexibility index (Phi) is 6.36. The normalized spacial score (nSPS) is 11.3. The number of methoxy groups -OCH3 is 1. The predicted molar refractivity (Wildman–Crippen MR) is 72.7 cm³/mol. The van der Waals surface area contributed by atoms with Crippen LogP contribution < -0.4 is 14.8 Å². The van der Waals surface area contributed by atoms with Crippen LogP contribution in [-0.2, 0) is 14.3 Å². The molecule has 20 heavy (non-hydrogen) atoms. The van der Waals surface area contributed by atoms with Crippen molar-refractivity contribution >= 4 is 11.9 Å². The van der Waals surface area contributed by atoms with E-state index >= 15 is 0 Å². The fourth-order valence-corrected chi connectivity index (χ4v) is 1.49. The molecule has 0 aliphatic carbocycles. The first-order valence-corrected chi connectivity index (χ1v) is 6.30. The molecule has 1 unspecified atom stereocenters. The molecule has 0 heterocycles. The van der Waals surface area contributed by atoms with E-state index in [4.69, 9.17) is 14.2 Å². The van der Waals surface area contributed by atoms with Gasteiger partial charge in [-0.25, -0.2) is 4.79 Å². The second kappa shape index (κ2) is 8.04. The summed E-state index contributed by atoms with van der Waals surface area (Å²) in [6.07, 6.45) is 0. The third kappa shape index (κ3) is 4.79. The molecule has 0 saturated carbocycles. The summed E-state index contributed by atoms with van der Waals surface area (Å²) < 4.78 is 15.2. The topological polar surface area (TPSA) is 73.9 Å². The Hall–Kier alpha value is -2.24. The Balaban J connectivity index is 2.45. The van der Waals surface area contributed by atoms with E-state index in [9.17, 15) is 9.59 Å². The van der Waals surface area contributed by atoms with Crippen LogP contribution in [0.5, 0.6) is 11.5 Å². The van der Waals surface area contributed by atoms with Crippen LogP contribution in [-0.4, -0.2) is 38.2 Å². The Morgan fingerprint density at radius 1 is 1.25 bits per heavy atom. The van der Waals surface area contributed by atoms with Crippen molar-refractivity contribution in [2.45, 2.75) is 19.9 Å². The van der Waals surface area contributed by atoms with E-state index in [2.05, 4.69) is 5.32 Å². The molecule has 6 heteroatoms. The molecular formula is C14H19NO5. The molecule has 0 spiro atoms. The third-order valence-electron chi connectivity index (χ3n) is 2.45. The Morgan fingerprint density at radius 2 is 1.90 bits per heavy atom. The van der Waals surface area contributed by atoms with E-state index in [1.165, 1.54) is 7.11 Å². The van der Waals surface area contributed by atoms with E-state index in [1.54, 1.807) is 38.1 Å². The van der Waals surface area contributed by atoms with Crippen molar-refractivity contribution in [1.82, 2.24) is 5.32 Å². The molecule has 1 aromatic rings. The molecule has 1 N–H and O–H groups in total. The van der Waals surface area contributed by atoms with E-state index in [1.807, 2.05) is 0 Å². The Labute approximate surface area is 118 Å². The van der Waals surface area contributed by atoms with Gasteiger partial charge in [0, 0.05) is 0 Å². The minimum absolute atomic E-state index is 0.204. The van der Waals surface area contributed by atoms with Crippen LogP contribution in [0, 0.1) is 0 Å². The number of rotatable bonds is 7. The summed E-state index contributed by atoms with van der Waals surface area (Å²) >= 11 is 0. The average molecular weight is 281 g/mol. The highest BCUT2D eigenvalue weighted by Gasteiger charge is 2.17. The number of benzene rings is 1. The van der Waals surface area contributed by atoms with E-state index < -0.39 is 17.9 Å². The quantitative estimate of drug-likeness (QED) is 0.759. The second-order valence-corrected chi connectivity index (χ2v) is 3.98. The molecule has 1 rings (SSSR count). The first kappa shape index (κ1) is 15.8. The molecule has 0 aliphatic heterocycles. The number of hydrogen-bond donors (Lipinski definition) is 1. The first-order valence-electron chi connectivity index (χ1n) is 6.30. The average Bonchev–Trinajstić information content (AvgIpc) is 2.45. The summed E-state index contributed by atoms with van der Waals surface area (Å²) in [6, 6.07) is 6.30. The number of nitrogens with one attached hydrogen (secondary N) is 1. The van der Waals surface area contributed by atoms with Gasteiger partial charge in [0.25, 0.3) is 5.91 Å². The smallest absolute Gasteiger partial charge is 0.328 e. The minimum Gasteiger partial charge on any atom is -0.493 e. The lowest BCUT2D eigenvalue weighted by Crippen LogP contribution is -2.41. The van der Waals surface area contributed by atoms with Gasteiger partial charge < -0.3 is 19.5 Å². The fourth-order valence-electron chi connectivity index (χ4n) is 1.49. The number of amides is 1.